The minimum atomic E-state index is -0.209. The number of hydrogen-bond acceptors (Lipinski definition) is 2. The Morgan fingerprint density at radius 2 is 1.93 bits per heavy atom. The number of benzene rings is 2. The number of nitrogens with one attached hydrogen (secondary N) is 1. The summed E-state index contributed by atoms with van der Waals surface area (Å²) in [5.41, 5.74) is 3.76. The highest BCUT2D eigenvalue weighted by molar-refractivity contribution is 5.82. The number of aromatic amines is 1. The Bertz CT molecular complexity index is 953. The van der Waals surface area contributed by atoms with Crippen molar-refractivity contribution in [3.63, 3.8) is 0 Å². The monoisotopic (exact) mass is 377 g/mol. The van der Waals surface area contributed by atoms with E-state index in [4.69, 9.17) is 0 Å². The Kier molecular flexibility index (Phi) is 5.24. The lowest BCUT2D eigenvalue weighted by Gasteiger charge is -2.17. The quantitative estimate of drug-likeness (QED) is 0.663. The molecule has 4 rings (SSSR count). The van der Waals surface area contributed by atoms with Gasteiger partial charge in [0.25, 0.3) is 0 Å². The minimum Gasteiger partial charge on any atom is -0.345 e. The SMILES string of the molecule is CN(CCCc1cc(-c2ccccc2)n[nH]1)C(=O)C1CC1c1ccccc1F. The molecule has 1 saturated carbocycles. The molecular formula is C23H24FN3O. The highest BCUT2D eigenvalue weighted by Crippen LogP contribution is 2.49. The van der Waals surface area contributed by atoms with E-state index >= 15 is 0 Å². The number of aryl methyl sites for hydroxylation is 1. The topological polar surface area (TPSA) is 49.0 Å². The Hall–Kier alpha value is -2.95. The first-order valence-electron chi connectivity index (χ1n) is 9.72. The van der Waals surface area contributed by atoms with Crippen LogP contribution in [0.15, 0.2) is 60.7 Å². The molecule has 0 saturated heterocycles. The van der Waals surface area contributed by atoms with Crippen molar-refractivity contribution in [1.29, 1.82) is 0 Å². The third-order valence-electron chi connectivity index (χ3n) is 5.43. The predicted molar refractivity (Wildman–Crippen MR) is 107 cm³/mol. The van der Waals surface area contributed by atoms with Crippen molar-refractivity contribution in [1.82, 2.24) is 15.1 Å². The van der Waals surface area contributed by atoms with Crippen LogP contribution in [-0.2, 0) is 11.2 Å². The molecule has 5 heteroatoms. The van der Waals surface area contributed by atoms with E-state index in [1.807, 2.05) is 43.4 Å². The van der Waals surface area contributed by atoms with Crippen LogP contribution in [0.1, 0.15) is 30.0 Å². The molecule has 28 heavy (non-hydrogen) atoms. The van der Waals surface area contributed by atoms with Gasteiger partial charge in [-0.2, -0.15) is 5.10 Å². The standard InChI is InChI=1S/C23H24FN3O/c1-27(23(28)20-15-19(20)18-11-5-6-12-21(18)24)13-7-10-17-14-22(26-25-17)16-8-3-2-4-9-16/h2-6,8-9,11-12,14,19-20H,7,10,13,15H2,1H3,(H,25,26). The van der Waals surface area contributed by atoms with Crippen molar-refractivity contribution < 1.29 is 9.18 Å². The molecule has 1 heterocycles. The summed E-state index contributed by atoms with van der Waals surface area (Å²) in [5.74, 6) is -0.155. The molecule has 0 radical (unpaired) electrons. The zero-order valence-corrected chi connectivity index (χ0v) is 15.9. The van der Waals surface area contributed by atoms with E-state index in [0.29, 0.717) is 12.1 Å². The number of hydrogen-bond donors (Lipinski definition) is 1. The van der Waals surface area contributed by atoms with Crippen LogP contribution >= 0.6 is 0 Å². The lowest BCUT2D eigenvalue weighted by atomic mass is 10.1. The first kappa shape index (κ1) is 18.4. The van der Waals surface area contributed by atoms with Crippen LogP contribution < -0.4 is 0 Å². The van der Waals surface area contributed by atoms with Gasteiger partial charge in [-0.05, 0) is 42.9 Å². The van der Waals surface area contributed by atoms with Gasteiger partial charge >= 0.3 is 0 Å². The van der Waals surface area contributed by atoms with Crippen LogP contribution in [0.3, 0.4) is 0 Å². The van der Waals surface area contributed by atoms with Crippen molar-refractivity contribution in [2.24, 2.45) is 5.92 Å². The van der Waals surface area contributed by atoms with E-state index in [1.54, 1.807) is 17.0 Å². The zero-order chi connectivity index (χ0) is 19.5. The summed E-state index contributed by atoms with van der Waals surface area (Å²) < 4.78 is 13.9. The van der Waals surface area contributed by atoms with Crippen LogP contribution in [0.25, 0.3) is 11.3 Å². The van der Waals surface area contributed by atoms with Gasteiger partial charge in [0, 0.05) is 30.8 Å². The van der Waals surface area contributed by atoms with Crippen molar-refractivity contribution in [3.05, 3.63) is 77.7 Å². The Morgan fingerprint density at radius 1 is 1.18 bits per heavy atom. The molecule has 1 fully saturated rings. The molecule has 3 aromatic rings. The number of nitrogens with zero attached hydrogens (tertiary/aromatic N) is 2. The number of aromatic nitrogens is 2. The second kappa shape index (κ2) is 7.97. The average molecular weight is 377 g/mol. The van der Waals surface area contributed by atoms with Crippen molar-refractivity contribution in [2.75, 3.05) is 13.6 Å². The highest BCUT2D eigenvalue weighted by atomic mass is 19.1. The highest BCUT2D eigenvalue weighted by Gasteiger charge is 2.46. The maximum absolute atomic E-state index is 13.9. The molecule has 1 N–H and O–H groups in total. The van der Waals surface area contributed by atoms with Crippen molar-refractivity contribution >= 4 is 5.91 Å². The summed E-state index contributed by atoms with van der Waals surface area (Å²) in [7, 11) is 1.83. The maximum atomic E-state index is 13.9. The molecule has 1 aromatic heterocycles. The van der Waals surface area contributed by atoms with Gasteiger partial charge in [-0.1, -0.05) is 48.5 Å². The van der Waals surface area contributed by atoms with E-state index in [-0.39, 0.29) is 23.6 Å². The third-order valence-corrected chi connectivity index (χ3v) is 5.43. The number of H-pyrrole nitrogens is 1. The normalized spacial score (nSPS) is 18.1. The fourth-order valence-electron chi connectivity index (χ4n) is 3.73. The molecular weight excluding hydrogens is 353 g/mol. The zero-order valence-electron chi connectivity index (χ0n) is 15.9. The van der Waals surface area contributed by atoms with Gasteiger partial charge in [0.1, 0.15) is 5.82 Å². The maximum Gasteiger partial charge on any atom is 0.226 e. The molecule has 144 valence electrons. The number of halogens is 1. The van der Waals surface area contributed by atoms with Crippen LogP contribution in [0, 0.1) is 11.7 Å². The van der Waals surface area contributed by atoms with Gasteiger partial charge in [-0.15, -0.1) is 0 Å². The Balaban J connectivity index is 1.26. The smallest absolute Gasteiger partial charge is 0.226 e. The summed E-state index contributed by atoms with van der Waals surface area (Å²) in [4.78, 5) is 14.4. The molecule has 0 bridgehead atoms. The largest absolute Gasteiger partial charge is 0.345 e. The van der Waals surface area contributed by atoms with Gasteiger partial charge in [0.15, 0.2) is 0 Å². The molecule has 1 amide bonds. The molecule has 4 nitrogen and oxygen atoms in total. The number of carbonyl (C=O) groups is 1. The third kappa shape index (κ3) is 3.98. The van der Waals surface area contributed by atoms with Gasteiger partial charge in [0.05, 0.1) is 5.69 Å². The second-order valence-corrected chi connectivity index (χ2v) is 7.48. The van der Waals surface area contributed by atoms with Crippen LogP contribution in [-0.4, -0.2) is 34.6 Å². The summed E-state index contributed by atoms with van der Waals surface area (Å²) >= 11 is 0. The lowest BCUT2D eigenvalue weighted by molar-refractivity contribution is -0.131. The Labute approximate surface area is 164 Å². The van der Waals surface area contributed by atoms with Gasteiger partial charge < -0.3 is 4.90 Å². The van der Waals surface area contributed by atoms with Crippen molar-refractivity contribution in [3.8, 4) is 11.3 Å². The number of amides is 1. The first-order chi connectivity index (χ1) is 13.6. The molecule has 0 spiro atoms. The van der Waals surface area contributed by atoms with E-state index in [1.165, 1.54) is 6.07 Å². The summed E-state index contributed by atoms with van der Waals surface area (Å²) in [5, 5.41) is 7.45. The molecule has 2 atom stereocenters. The Morgan fingerprint density at radius 3 is 2.71 bits per heavy atom. The van der Waals surface area contributed by atoms with E-state index in [9.17, 15) is 9.18 Å². The second-order valence-electron chi connectivity index (χ2n) is 7.48. The molecule has 1 aliphatic carbocycles. The van der Waals surface area contributed by atoms with Crippen LogP contribution in [0.5, 0.6) is 0 Å². The summed E-state index contributed by atoms with van der Waals surface area (Å²) in [6, 6.07) is 18.9. The van der Waals surface area contributed by atoms with Crippen molar-refractivity contribution in [2.45, 2.75) is 25.2 Å². The average Bonchev–Trinajstić information content (AvgIpc) is 3.37. The molecule has 2 aromatic carbocycles. The number of carbonyl (C=O) groups excluding carboxylic acids is 1. The first-order valence-corrected chi connectivity index (χ1v) is 9.72. The number of rotatable bonds is 7. The van der Waals surface area contributed by atoms with Gasteiger partial charge in [-0.25, -0.2) is 4.39 Å². The fourth-order valence-corrected chi connectivity index (χ4v) is 3.73. The lowest BCUT2D eigenvalue weighted by Crippen LogP contribution is -2.29. The van der Waals surface area contributed by atoms with E-state index in [0.717, 1.165) is 36.2 Å². The summed E-state index contributed by atoms with van der Waals surface area (Å²) in [6.45, 7) is 0.680. The molecule has 0 aliphatic heterocycles. The van der Waals surface area contributed by atoms with Gasteiger partial charge in [0.2, 0.25) is 5.91 Å². The minimum absolute atomic E-state index is 0.0252. The van der Waals surface area contributed by atoms with Crippen LogP contribution in [0.4, 0.5) is 4.39 Å². The van der Waals surface area contributed by atoms with Gasteiger partial charge in [-0.3, -0.25) is 9.89 Å². The van der Waals surface area contributed by atoms with Crippen LogP contribution in [0.2, 0.25) is 0 Å². The molecule has 1 aliphatic rings. The molecule has 2 unspecified atom stereocenters. The summed E-state index contributed by atoms with van der Waals surface area (Å²) in [6.07, 6.45) is 2.43. The fraction of sp³-hybridized carbons (Fsp3) is 0.304. The predicted octanol–water partition coefficient (Wildman–Crippen LogP) is 4.41. The van der Waals surface area contributed by atoms with E-state index in [2.05, 4.69) is 16.3 Å². The van der Waals surface area contributed by atoms with E-state index < -0.39 is 0 Å².